The van der Waals surface area contributed by atoms with E-state index in [-0.39, 0.29) is 24.0 Å². The zero-order valence-electron chi connectivity index (χ0n) is 18.4. The van der Waals surface area contributed by atoms with Crippen LogP contribution in [0, 0.1) is 13.8 Å². The summed E-state index contributed by atoms with van der Waals surface area (Å²) in [5.41, 5.74) is 6.13. The van der Waals surface area contributed by atoms with E-state index >= 15 is 0 Å². The van der Waals surface area contributed by atoms with Crippen molar-refractivity contribution in [1.29, 1.82) is 0 Å². The predicted molar refractivity (Wildman–Crippen MR) is 132 cm³/mol. The number of nitrogens with zero attached hydrogens (tertiary/aromatic N) is 5. The summed E-state index contributed by atoms with van der Waals surface area (Å²) in [6.45, 7) is 8.08. The second-order valence-electron chi connectivity index (χ2n) is 7.74. The van der Waals surface area contributed by atoms with E-state index in [1.165, 1.54) is 54.9 Å². The van der Waals surface area contributed by atoms with Gasteiger partial charge in [-0.15, -0.1) is 24.0 Å². The third-order valence-corrected chi connectivity index (χ3v) is 5.73. The molecule has 0 spiro atoms. The van der Waals surface area contributed by atoms with Gasteiger partial charge in [0.05, 0.1) is 5.69 Å². The molecule has 2 heterocycles. The number of guanidine groups is 1. The maximum Gasteiger partial charge on any atom is 0.193 e. The van der Waals surface area contributed by atoms with Gasteiger partial charge in [-0.3, -0.25) is 9.67 Å². The fourth-order valence-electron chi connectivity index (χ4n) is 3.94. The standard InChI is InChI=1S/C22H34N6.HI/c1-17-21(18(2)27(5)25-17)15-24-22(23-3)26(4)16-19-9-11-20(12-10-19)28-13-7-6-8-14-28;/h9-12H,6-8,13-16H2,1-5H3,(H,23,24);1H. The van der Waals surface area contributed by atoms with Gasteiger partial charge in [0.2, 0.25) is 0 Å². The van der Waals surface area contributed by atoms with Crippen molar-refractivity contribution >= 4 is 35.6 Å². The predicted octanol–water partition coefficient (Wildman–Crippen LogP) is 3.85. The van der Waals surface area contributed by atoms with Gasteiger partial charge in [0, 0.05) is 64.3 Å². The van der Waals surface area contributed by atoms with Crippen molar-refractivity contribution in [3.05, 3.63) is 46.8 Å². The molecule has 0 amide bonds. The van der Waals surface area contributed by atoms with Crippen molar-refractivity contribution in [3.63, 3.8) is 0 Å². The summed E-state index contributed by atoms with van der Waals surface area (Å²) >= 11 is 0. The van der Waals surface area contributed by atoms with Crippen molar-refractivity contribution in [3.8, 4) is 0 Å². The summed E-state index contributed by atoms with van der Waals surface area (Å²) in [5.74, 6) is 0.891. The minimum atomic E-state index is 0. The molecule has 1 aliphatic rings. The van der Waals surface area contributed by atoms with E-state index in [0.29, 0.717) is 0 Å². The van der Waals surface area contributed by atoms with Crippen LogP contribution in [-0.2, 0) is 20.1 Å². The number of hydrogen-bond donors (Lipinski definition) is 1. The highest BCUT2D eigenvalue weighted by Gasteiger charge is 2.13. The van der Waals surface area contributed by atoms with Gasteiger partial charge in [0.25, 0.3) is 0 Å². The Bertz CT molecular complexity index is 805. The molecule has 1 aromatic heterocycles. The largest absolute Gasteiger partial charge is 0.372 e. The SMILES string of the molecule is CN=C(NCc1c(C)nn(C)c1C)N(C)Cc1ccc(N2CCCCC2)cc1.I. The van der Waals surface area contributed by atoms with E-state index in [9.17, 15) is 0 Å². The number of halogens is 1. The minimum Gasteiger partial charge on any atom is -0.372 e. The van der Waals surface area contributed by atoms with Crippen molar-refractivity contribution < 1.29 is 0 Å². The smallest absolute Gasteiger partial charge is 0.193 e. The average Bonchev–Trinajstić information content (AvgIpc) is 2.95. The van der Waals surface area contributed by atoms with E-state index in [0.717, 1.165) is 24.7 Å². The molecule has 1 aliphatic heterocycles. The van der Waals surface area contributed by atoms with Crippen LogP contribution < -0.4 is 10.2 Å². The average molecular weight is 510 g/mol. The molecular weight excluding hydrogens is 475 g/mol. The van der Waals surface area contributed by atoms with Crippen LogP contribution in [0.2, 0.25) is 0 Å². The monoisotopic (exact) mass is 510 g/mol. The zero-order chi connectivity index (χ0) is 20.1. The fourth-order valence-corrected chi connectivity index (χ4v) is 3.94. The first-order chi connectivity index (χ1) is 13.5. The highest BCUT2D eigenvalue weighted by atomic mass is 127. The molecule has 3 rings (SSSR count). The summed E-state index contributed by atoms with van der Waals surface area (Å²) in [5, 5.41) is 7.97. The highest BCUT2D eigenvalue weighted by Crippen LogP contribution is 2.20. The first-order valence-corrected chi connectivity index (χ1v) is 10.2. The fraction of sp³-hybridized carbons (Fsp3) is 0.545. The van der Waals surface area contributed by atoms with Gasteiger partial charge < -0.3 is 15.1 Å². The van der Waals surface area contributed by atoms with Crippen LogP contribution >= 0.6 is 24.0 Å². The summed E-state index contributed by atoms with van der Waals surface area (Å²) in [4.78, 5) is 9.11. The molecule has 6 nitrogen and oxygen atoms in total. The van der Waals surface area contributed by atoms with E-state index in [1.54, 1.807) is 0 Å². The third-order valence-electron chi connectivity index (χ3n) is 5.73. The molecule has 0 bridgehead atoms. The normalized spacial score (nSPS) is 14.5. The molecule has 1 N–H and O–H groups in total. The summed E-state index contributed by atoms with van der Waals surface area (Å²) in [6, 6.07) is 8.99. The molecule has 29 heavy (non-hydrogen) atoms. The number of nitrogens with one attached hydrogen (secondary N) is 1. The number of anilines is 1. The van der Waals surface area contributed by atoms with Crippen LogP contribution in [0.4, 0.5) is 5.69 Å². The molecule has 0 atom stereocenters. The van der Waals surface area contributed by atoms with Crippen molar-refractivity contribution in [2.75, 3.05) is 32.1 Å². The Hall–Kier alpha value is -1.77. The second kappa shape index (κ2) is 10.8. The first-order valence-electron chi connectivity index (χ1n) is 10.2. The Morgan fingerprint density at radius 2 is 1.79 bits per heavy atom. The topological polar surface area (TPSA) is 48.7 Å². The third kappa shape index (κ3) is 5.87. The van der Waals surface area contributed by atoms with E-state index < -0.39 is 0 Å². The number of hydrogen-bond acceptors (Lipinski definition) is 3. The molecule has 0 saturated carbocycles. The van der Waals surface area contributed by atoms with E-state index in [4.69, 9.17) is 0 Å². The van der Waals surface area contributed by atoms with Gasteiger partial charge in [0.15, 0.2) is 5.96 Å². The van der Waals surface area contributed by atoms with Gasteiger partial charge >= 0.3 is 0 Å². The quantitative estimate of drug-likeness (QED) is 0.377. The summed E-state index contributed by atoms with van der Waals surface area (Å²) < 4.78 is 1.93. The zero-order valence-corrected chi connectivity index (χ0v) is 20.7. The summed E-state index contributed by atoms with van der Waals surface area (Å²) in [7, 11) is 5.90. The van der Waals surface area contributed by atoms with Gasteiger partial charge in [-0.05, 0) is 50.8 Å². The minimum absolute atomic E-state index is 0. The number of aromatic nitrogens is 2. The molecule has 0 aliphatic carbocycles. The molecular formula is C22H35IN6. The van der Waals surface area contributed by atoms with E-state index in [2.05, 4.69) is 70.4 Å². The molecule has 2 aromatic rings. The van der Waals surface area contributed by atoms with Crippen molar-refractivity contribution in [1.82, 2.24) is 20.0 Å². The van der Waals surface area contributed by atoms with Crippen molar-refractivity contribution in [2.24, 2.45) is 12.0 Å². The van der Waals surface area contributed by atoms with Gasteiger partial charge in [-0.2, -0.15) is 5.10 Å². The Balaban J connectivity index is 0.00000300. The molecule has 1 aromatic carbocycles. The number of aryl methyl sites for hydroxylation is 2. The molecule has 7 heteroatoms. The summed E-state index contributed by atoms with van der Waals surface area (Å²) in [6.07, 6.45) is 3.98. The lowest BCUT2D eigenvalue weighted by atomic mass is 10.1. The van der Waals surface area contributed by atoms with Crippen LogP contribution in [0.15, 0.2) is 29.3 Å². The Labute approximate surface area is 192 Å². The van der Waals surface area contributed by atoms with Crippen LogP contribution in [0.3, 0.4) is 0 Å². The number of rotatable bonds is 5. The lowest BCUT2D eigenvalue weighted by Gasteiger charge is -2.29. The van der Waals surface area contributed by atoms with Crippen LogP contribution in [0.5, 0.6) is 0 Å². The number of benzene rings is 1. The Kier molecular flexibility index (Phi) is 8.79. The number of aliphatic imine (C=N–C) groups is 1. The molecule has 1 saturated heterocycles. The van der Waals surface area contributed by atoms with Gasteiger partial charge in [0.1, 0.15) is 0 Å². The molecule has 0 radical (unpaired) electrons. The van der Waals surface area contributed by atoms with Crippen LogP contribution in [0.1, 0.15) is 41.8 Å². The lowest BCUT2D eigenvalue weighted by molar-refractivity contribution is 0.476. The molecule has 1 fully saturated rings. The van der Waals surface area contributed by atoms with Crippen LogP contribution in [-0.4, -0.2) is 47.8 Å². The highest BCUT2D eigenvalue weighted by molar-refractivity contribution is 14.0. The Morgan fingerprint density at radius 3 is 2.34 bits per heavy atom. The van der Waals surface area contributed by atoms with Crippen LogP contribution in [0.25, 0.3) is 0 Å². The molecule has 160 valence electrons. The lowest BCUT2D eigenvalue weighted by Crippen LogP contribution is -2.38. The maximum absolute atomic E-state index is 4.49. The molecule has 0 unspecified atom stereocenters. The second-order valence-corrected chi connectivity index (χ2v) is 7.74. The van der Waals surface area contributed by atoms with Crippen molar-refractivity contribution in [2.45, 2.75) is 46.2 Å². The number of piperidine rings is 1. The van der Waals surface area contributed by atoms with E-state index in [1.807, 2.05) is 18.8 Å². The Morgan fingerprint density at radius 1 is 1.14 bits per heavy atom. The van der Waals surface area contributed by atoms with Gasteiger partial charge in [-0.1, -0.05) is 12.1 Å². The van der Waals surface area contributed by atoms with Gasteiger partial charge in [-0.25, -0.2) is 0 Å². The first kappa shape index (κ1) is 23.5. The maximum atomic E-state index is 4.49.